The number of halogens is 1. The van der Waals surface area contributed by atoms with Crippen molar-refractivity contribution < 1.29 is 23.8 Å². The summed E-state index contributed by atoms with van der Waals surface area (Å²) in [6.45, 7) is -0.559. The lowest BCUT2D eigenvalue weighted by Crippen LogP contribution is -2.28. The number of nitrogens with zero attached hydrogens (tertiary/aromatic N) is 1. The van der Waals surface area contributed by atoms with E-state index in [1.165, 1.54) is 29.2 Å². The van der Waals surface area contributed by atoms with E-state index in [1.807, 2.05) is 0 Å². The molecule has 0 saturated carbocycles. The zero-order valence-corrected chi connectivity index (χ0v) is 14.8. The van der Waals surface area contributed by atoms with Crippen LogP contribution >= 0.6 is 24.0 Å². The molecule has 3 rings (SSSR count). The molecule has 0 aromatic heterocycles. The summed E-state index contributed by atoms with van der Waals surface area (Å²) in [5.41, 5.74) is 1.14. The highest BCUT2D eigenvalue weighted by atomic mass is 32.2. The number of anilines is 1. The van der Waals surface area contributed by atoms with E-state index in [1.54, 1.807) is 30.3 Å². The molecule has 1 amide bonds. The number of carboxylic acid groups (broad SMARTS) is 1. The molecule has 26 heavy (non-hydrogen) atoms. The van der Waals surface area contributed by atoms with E-state index in [-0.39, 0.29) is 5.91 Å². The Morgan fingerprint density at radius 1 is 1.27 bits per heavy atom. The lowest BCUT2D eigenvalue weighted by atomic mass is 10.2. The van der Waals surface area contributed by atoms with Crippen LogP contribution < -0.4 is 14.7 Å². The van der Waals surface area contributed by atoms with Crippen molar-refractivity contribution in [2.24, 2.45) is 0 Å². The van der Waals surface area contributed by atoms with Crippen molar-refractivity contribution in [3.63, 3.8) is 0 Å². The second kappa shape index (κ2) is 7.67. The quantitative estimate of drug-likeness (QED) is 0.579. The predicted molar refractivity (Wildman–Crippen MR) is 99.0 cm³/mol. The van der Waals surface area contributed by atoms with Crippen LogP contribution in [0.1, 0.15) is 5.56 Å². The lowest BCUT2D eigenvalue weighted by Gasteiger charge is -2.14. The molecule has 132 valence electrons. The van der Waals surface area contributed by atoms with Gasteiger partial charge in [0.15, 0.2) is 4.32 Å². The molecule has 0 bridgehead atoms. The molecule has 1 fully saturated rings. The molecule has 2 aromatic carbocycles. The number of carboxylic acids is 1. The zero-order chi connectivity index (χ0) is 18.7. The highest BCUT2D eigenvalue weighted by molar-refractivity contribution is 8.27. The molecule has 0 spiro atoms. The van der Waals surface area contributed by atoms with Crippen molar-refractivity contribution >= 4 is 51.9 Å². The van der Waals surface area contributed by atoms with Crippen LogP contribution in [0.5, 0.6) is 5.75 Å². The SMILES string of the molecule is O=C([O-])COc1cccc(/C=C2\SC(=S)N(c3ccc(F)cc3)C2=O)c1. The lowest BCUT2D eigenvalue weighted by molar-refractivity contribution is -0.307. The van der Waals surface area contributed by atoms with E-state index in [2.05, 4.69) is 0 Å². The monoisotopic (exact) mass is 388 g/mol. The smallest absolute Gasteiger partial charge is 0.270 e. The Labute approximate surface area is 158 Å². The Morgan fingerprint density at radius 3 is 2.69 bits per heavy atom. The number of ether oxygens (including phenoxy) is 1. The van der Waals surface area contributed by atoms with Gasteiger partial charge >= 0.3 is 0 Å². The van der Waals surface area contributed by atoms with Crippen LogP contribution in [0.2, 0.25) is 0 Å². The molecule has 2 aromatic rings. The maximum absolute atomic E-state index is 13.1. The van der Waals surface area contributed by atoms with E-state index in [0.717, 1.165) is 11.8 Å². The van der Waals surface area contributed by atoms with E-state index >= 15 is 0 Å². The summed E-state index contributed by atoms with van der Waals surface area (Å²) in [4.78, 5) is 24.8. The zero-order valence-electron chi connectivity index (χ0n) is 13.2. The fourth-order valence-electron chi connectivity index (χ4n) is 2.27. The number of thioether (sulfide) groups is 1. The van der Waals surface area contributed by atoms with E-state index < -0.39 is 18.4 Å². The molecule has 1 aliphatic heterocycles. The fourth-order valence-corrected chi connectivity index (χ4v) is 3.57. The van der Waals surface area contributed by atoms with Gasteiger partial charge in [0.05, 0.1) is 16.6 Å². The van der Waals surface area contributed by atoms with E-state index in [0.29, 0.717) is 26.2 Å². The van der Waals surface area contributed by atoms with Crippen LogP contribution in [0.4, 0.5) is 10.1 Å². The number of carbonyl (C=O) groups is 2. The minimum atomic E-state index is -1.32. The second-order valence-corrected chi connectivity index (χ2v) is 6.90. The Balaban J connectivity index is 1.82. The Morgan fingerprint density at radius 2 is 2.00 bits per heavy atom. The van der Waals surface area contributed by atoms with Crippen molar-refractivity contribution in [1.82, 2.24) is 0 Å². The van der Waals surface area contributed by atoms with Gasteiger partial charge in [-0.2, -0.15) is 0 Å². The van der Waals surface area contributed by atoms with Crippen LogP contribution in [0.15, 0.2) is 53.4 Å². The standard InChI is InChI=1S/C18H12FNO4S2/c19-12-4-6-13(7-5-12)20-17(23)15(26-18(20)25)9-11-2-1-3-14(8-11)24-10-16(21)22/h1-9H,10H2,(H,21,22)/p-1/b15-9-. The summed E-state index contributed by atoms with van der Waals surface area (Å²) in [6.07, 6.45) is 1.63. The predicted octanol–water partition coefficient (Wildman–Crippen LogP) is 2.36. The average Bonchev–Trinajstić information content (AvgIpc) is 2.88. The summed E-state index contributed by atoms with van der Waals surface area (Å²) in [5.74, 6) is -1.69. The number of hydrogen-bond donors (Lipinski definition) is 0. The van der Waals surface area contributed by atoms with E-state index in [4.69, 9.17) is 17.0 Å². The molecule has 0 unspecified atom stereocenters. The molecule has 1 heterocycles. The molecule has 0 N–H and O–H groups in total. The molecule has 1 saturated heterocycles. The maximum atomic E-state index is 13.1. The van der Waals surface area contributed by atoms with Gasteiger partial charge in [-0.3, -0.25) is 9.69 Å². The molecular formula is C18H11FNO4S2-. The first-order valence-corrected chi connectivity index (χ1v) is 8.63. The summed E-state index contributed by atoms with van der Waals surface area (Å²) >= 11 is 6.39. The van der Waals surface area contributed by atoms with Gasteiger partial charge < -0.3 is 14.6 Å². The maximum Gasteiger partial charge on any atom is 0.270 e. The number of rotatable bonds is 5. The van der Waals surface area contributed by atoms with Crippen LogP contribution in [0.3, 0.4) is 0 Å². The van der Waals surface area contributed by atoms with Crippen molar-refractivity contribution in [3.05, 3.63) is 64.8 Å². The number of carbonyl (C=O) groups excluding carboxylic acids is 2. The van der Waals surface area contributed by atoms with Crippen LogP contribution in [0, 0.1) is 5.82 Å². The molecule has 8 heteroatoms. The van der Waals surface area contributed by atoms with Crippen molar-refractivity contribution in [2.75, 3.05) is 11.5 Å². The third-order valence-electron chi connectivity index (χ3n) is 3.39. The van der Waals surface area contributed by atoms with Gasteiger partial charge in [-0.1, -0.05) is 36.1 Å². The van der Waals surface area contributed by atoms with Gasteiger partial charge in [0.1, 0.15) is 18.2 Å². The Bertz CT molecular complexity index is 912. The first kappa shape index (κ1) is 18.1. The molecule has 1 aliphatic rings. The van der Waals surface area contributed by atoms with Crippen LogP contribution in [-0.4, -0.2) is 22.8 Å². The molecular weight excluding hydrogens is 377 g/mol. The van der Waals surface area contributed by atoms with Gasteiger partial charge in [-0.15, -0.1) is 0 Å². The van der Waals surface area contributed by atoms with E-state index in [9.17, 15) is 19.1 Å². The molecule has 0 radical (unpaired) electrons. The molecule has 0 aliphatic carbocycles. The first-order chi connectivity index (χ1) is 12.4. The summed E-state index contributed by atoms with van der Waals surface area (Å²) in [5, 5.41) is 10.5. The van der Waals surface area contributed by atoms with Crippen molar-refractivity contribution in [3.8, 4) is 5.75 Å². The highest BCUT2D eigenvalue weighted by Gasteiger charge is 2.33. The number of hydrogen-bond acceptors (Lipinski definition) is 6. The minimum absolute atomic E-state index is 0.312. The van der Waals surface area contributed by atoms with Gasteiger partial charge in [0, 0.05) is 0 Å². The third-order valence-corrected chi connectivity index (χ3v) is 4.69. The summed E-state index contributed by atoms with van der Waals surface area (Å²) < 4.78 is 18.5. The number of benzene rings is 2. The number of aliphatic carboxylic acids is 1. The highest BCUT2D eigenvalue weighted by Crippen LogP contribution is 2.36. The number of thiocarbonyl (C=S) groups is 1. The Kier molecular flexibility index (Phi) is 5.34. The second-order valence-electron chi connectivity index (χ2n) is 5.23. The Hall–Kier alpha value is -2.71. The fraction of sp³-hybridized carbons (Fsp3) is 0.0556. The van der Waals surface area contributed by atoms with Crippen molar-refractivity contribution in [2.45, 2.75) is 0 Å². The van der Waals surface area contributed by atoms with Gasteiger partial charge in [0.2, 0.25) is 0 Å². The minimum Gasteiger partial charge on any atom is -0.546 e. The summed E-state index contributed by atoms with van der Waals surface area (Å²) in [6, 6.07) is 12.1. The van der Waals surface area contributed by atoms with Gasteiger partial charge in [0.25, 0.3) is 5.91 Å². The van der Waals surface area contributed by atoms with Crippen LogP contribution in [-0.2, 0) is 9.59 Å². The van der Waals surface area contributed by atoms with Crippen LogP contribution in [0.25, 0.3) is 6.08 Å². The van der Waals surface area contributed by atoms with Gasteiger partial charge in [-0.25, -0.2) is 4.39 Å². The normalized spacial score (nSPS) is 15.6. The van der Waals surface area contributed by atoms with Gasteiger partial charge in [-0.05, 0) is 48.0 Å². The van der Waals surface area contributed by atoms with Crippen molar-refractivity contribution in [1.29, 1.82) is 0 Å². The number of amides is 1. The molecule has 0 atom stereocenters. The average molecular weight is 388 g/mol. The largest absolute Gasteiger partial charge is 0.546 e. The topological polar surface area (TPSA) is 69.7 Å². The molecule has 5 nitrogen and oxygen atoms in total. The third kappa shape index (κ3) is 4.09. The summed E-state index contributed by atoms with van der Waals surface area (Å²) in [7, 11) is 0. The first-order valence-electron chi connectivity index (χ1n) is 7.40.